The molecule has 0 saturated heterocycles. The van der Waals surface area contributed by atoms with E-state index in [1.807, 2.05) is 17.5 Å². The number of thiazole rings is 1. The summed E-state index contributed by atoms with van der Waals surface area (Å²) in [7, 11) is 0. The standard InChI is InChI=1S/C19H16F3N3O4S2/c20-19(21,22)29-12-5-3-11(4-6-12)28-10-15(26)24-9-16-25-17(18(23)27)14(31-16)8-13-2-1-7-30-13/h1-7H,8-10H2,(H2,23,27)(H,24,26). The molecule has 2 aromatic heterocycles. The van der Waals surface area contributed by atoms with Crippen LogP contribution in [-0.2, 0) is 17.8 Å². The molecule has 0 saturated carbocycles. The predicted molar refractivity (Wildman–Crippen MR) is 108 cm³/mol. The van der Waals surface area contributed by atoms with Crippen molar-refractivity contribution >= 4 is 34.5 Å². The van der Waals surface area contributed by atoms with Crippen molar-refractivity contribution in [2.75, 3.05) is 6.61 Å². The summed E-state index contributed by atoms with van der Waals surface area (Å²) in [5.41, 5.74) is 5.58. The van der Waals surface area contributed by atoms with Crippen LogP contribution in [0.15, 0.2) is 41.8 Å². The predicted octanol–water partition coefficient (Wildman–Crippen LogP) is 3.49. The summed E-state index contributed by atoms with van der Waals surface area (Å²) in [5, 5.41) is 5.06. The number of ether oxygens (including phenoxy) is 2. The van der Waals surface area contributed by atoms with Crippen molar-refractivity contribution in [2.24, 2.45) is 5.73 Å². The van der Waals surface area contributed by atoms with E-state index < -0.39 is 23.9 Å². The molecule has 0 aliphatic rings. The molecular weight excluding hydrogens is 455 g/mol. The van der Waals surface area contributed by atoms with Crippen molar-refractivity contribution in [3.63, 3.8) is 0 Å². The number of hydrogen-bond acceptors (Lipinski definition) is 7. The number of nitrogens with one attached hydrogen (secondary N) is 1. The van der Waals surface area contributed by atoms with Gasteiger partial charge in [-0.05, 0) is 35.7 Å². The molecule has 0 atom stereocenters. The Labute approximate surface area is 182 Å². The second-order valence-electron chi connectivity index (χ2n) is 6.08. The SMILES string of the molecule is NC(=O)c1nc(CNC(=O)COc2ccc(OC(F)(F)F)cc2)sc1Cc1cccs1. The van der Waals surface area contributed by atoms with Crippen LogP contribution in [0.5, 0.6) is 11.5 Å². The van der Waals surface area contributed by atoms with E-state index in [9.17, 15) is 22.8 Å². The van der Waals surface area contributed by atoms with Gasteiger partial charge in [-0.1, -0.05) is 6.07 Å². The Morgan fingerprint density at radius 2 is 1.84 bits per heavy atom. The second kappa shape index (κ2) is 9.79. The Morgan fingerprint density at radius 1 is 1.13 bits per heavy atom. The van der Waals surface area contributed by atoms with Crippen molar-refractivity contribution in [3.8, 4) is 11.5 Å². The molecule has 0 aliphatic carbocycles. The number of nitrogens with two attached hydrogens (primary N) is 1. The number of rotatable bonds is 9. The van der Waals surface area contributed by atoms with Crippen LogP contribution in [0.4, 0.5) is 13.2 Å². The lowest BCUT2D eigenvalue weighted by molar-refractivity contribution is -0.274. The van der Waals surface area contributed by atoms with Gasteiger partial charge in [0.1, 0.15) is 22.2 Å². The van der Waals surface area contributed by atoms with Gasteiger partial charge < -0.3 is 20.5 Å². The molecule has 0 fully saturated rings. The van der Waals surface area contributed by atoms with E-state index in [2.05, 4.69) is 15.0 Å². The van der Waals surface area contributed by atoms with Gasteiger partial charge in [-0.2, -0.15) is 0 Å². The minimum atomic E-state index is -4.78. The lowest BCUT2D eigenvalue weighted by Gasteiger charge is -2.10. The van der Waals surface area contributed by atoms with E-state index in [0.29, 0.717) is 11.4 Å². The average Bonchev–Trinajstić information content (AvgIpc) is 3.35. The molecule has 0 bridgehead atoms. The largest absolute Gasteiger partial charge is 0.573 e. The van der Waals surface area contributed by atoms with Crippen LogP contribution in [0.2, 0.25) is 0 Å². The molecule has 164 valence electrons. The van der Waals surface area contributed by atoms with Crippen LogP contribution < -0.4 is 20.5 Å². The maximum atomic E-state index is 12.1. The number of hydrogen-bond donors (Lipinski definition) is 2. The van der Waals surface area contributed by atoms with E-state index in [1.54, 1.807) is 11.3 Å². The molecule has 7 nitrogen and oxygen atoms in total. The summed E-state index contributed by atoms with van der Waals surface area (Å²) in [6.45, 7) is -0.272. The number of benzene rings is 1. The first-order valence-corrected chi connectivity index (χ1v) is 10.5. The van der Waals surface area contributed by atoms with Gasteiger partial charge in [0.15, 0.2) is 6.61 Å². The lowest BCUT2D eigenvalue weighted by Crippen LogP contribution is -2.28. The molecule has 3 aromatic rings. The van der Waals surface area contributed by atoms with E-state index in [0.717, 1.165) is 21.9 Å². The van der Waals surface area contributed by atoms with Gasteiger partial charge in [0, 0.05) is 16.2 Å². The highest BCUT2D eigenvalue weighted by atomic mass is 32.1. The summed E-state index contributed by atoms with van der Waals surface area (Å²) < 4.78 is 45.4. The topological polar surface area (TPSA) is 104 Å². The van der Waals surface area contributed by atoms with E-state index in [-0.39, 0.29) is 24.6 Å². The zero-order chi connectivity index (χ0) is 22.4. The summed E-state index contributed by atoms with van der Waals surface area (Å²) in [4.78, 5) is 29.6. The summed E-state index contributed by atoms with van der Waals surface area (Å²) in [5.74, 6) is -1.29. The summed E-state index contributed by atoms with van der Waals surface area (Å²) >= 11 is 2.83. The highest BCUT2D eigenvalue weighted by molar-refractivity contribution is 7.12. The minimum Gasteiger partial charge on any atom is -0.484 e. The van der Waals surface area contributed by atoms with Crippen molar-refractivity contribution in [1.82, 2.24) is 10.3 Å². The number of aromatic nitrogens is 1. The zero-order valence-electron chi connectivity index (χ0n) is 15.8. The molecule has 3 N–H and O–H groups in total. The lowest BCUT2D eigenvalue weighted by atomic mass is 10.2. The Kier molecular flexibility index (Phi) is 7.13. The fraction of sp³-hybridized carbons (Fsp3) is 0.211. The third-order valence-electron chi connectivity index (χ3n) is 3.75. The first kappa shape index (κ1) is 22.6. The number of alkyl halides is 3. The highest BCUT2D eigenvalue weighted by Gasteiger charge is 2.31. The van der Waals surface area contributed by atoms with Crippen LogP contribution in [0.25, 0.3) is 0 Å². The monoisotopic (exact) mass is 471 g/mol. The van der Waals surface area contributed by atoms with Crippen molar-refractivity contribution in [2.45, 2.75) is 19.3 Å². The number of nitrogens with zero attached hydrogens (tertiary/aromatic N) is 1. The van der Waals surface area contributed by atoms with E-state index in [4.69, 9.17) is 10.5 Å². The van der Waals surface area contributed by atoms with Gasteiger partial charge in [0.2, 0.25) is 0 Å². The Balaban J connectivity index is 1.51. The van der Waals surface area contributed by atoms with Crippen LogP contribution in [-0.4, -0.2) is 29.8 Å². The third kappa shape index (κ3) is 6.96. The fourth-order valence-electron chi connectivity index (χ4n) is 2.47. The first-order chi connectivity index (χ1) is 14.7. The minimum absolute atomic E-state index is 0.0793. The molecule has 2 amide bonds. The number of carbonyl (C=O) groups is 2. The summed E-state index contributed by atoms with van der Waals surface area (Å²) in [6.07, 6.45) is -4.26. The number of halogens is 3. The van der Waals surface area contributed by atoms with E-state index in [1.165, 1.54) is 23.5 Å². The Morgan fingerprint density at radius 3 is 2.45 bits per heavy atom. The average molecular weight is 471 g/mol. The first-order valence-electron chi connectivity index (χ1n) is 8.75. The molecule has 0 aliphatic heterocycles. The van der Waals surface area contributed by atoms with Gasteiger partial charge >= 0.3 is 6.36 Å². The molecule has 31 heavy (non-hydrogen) atoms. The van der Waals surface area contributed by atoms with Crippen molar-refractivity contribution < 1.29 is 32.2 Å². The summed E-state index contributed by atoms with van der Waals surface area (Å²) in [6, 6.07) is 8.52. The number of amides is 2. The highest BCUT2D eigenvalue weighted by Crippen LogP contribution is 2.25. The Bertz CT molecular complexity index is 1030. The molecule has 0 radical (unpaired) electrons. The number of carbonyl (C=O) groups excluding carboxylic acids is 2. The molecule has 3 rings (SSSR count). The van der Waals surface area contributed by atoms with Gasteiger partial charge in [0.05, 0.1) is 6.54 Å². The zero-order valence-corrected chi connectivity index (χ0v) is 17.4. The van der Waals surface area contributed by atoms with Crippen molar-refractivity contribution in [3.05, 3.63) is 62.2 Å². The quantitative estimate of drug-likeness (QED) is 0.497. The van der Waals surface area contributed by atoms with Crippen LogP contribution in [0.1, 0.15) is 25.3 Å². The molecule has 1 aromatic carbocycles. The molecule has 12 heteroatoms. The van der Waals surface area contributed by atoms with Gasteiger partial charge in [0.25, 0.3) is 11.8 Å². The Hall–Kier alpha value is -3.12. The van der Waals surface area contributed by atoms with Crippen molar-refractivity contribution in [1.29, 1.82) is 0 Å². The van der Waals surface area contributed by atoms with Crippen LogP contribution in [0.3, 0.4) is 0 Å². The normalized spacial score (nSPS) is 11.2. The molecule has 0 unspecified atom stereocenters. The van der Waals surface area contributed by atoms with Gasteiger partial charge in [-0.25, -0.2) is 4.98 Å². The van der Waals surface area contributed by atoms with Crippen LogP contribution >= 0.6 is 22.7 Å². The maximum absolute atomic E-state index is 12.1. The number of thiophene rings is 1. The maximum Gasteiger partial charge on any atom is 0.573 e. The number of primary amides is 1. The van der Waals surface area contributed by atoms with Gasteiger partial charge in [-0.15, -0.1) is 35.8 Å². The second-order valence-corrected chi connectivity index (χ2v) is 8.28. The smallest absolute Gasteiger partial charge is 0.484 e. The van der Waals surface area contributed by atoms with E-state index >= 15 is 0 Å². The molecule has 2 heterocycles. The van der Waals surface area contributed by atoms with Crippen LogP contribution in [0, 0.1) is 0 Å². The molecular formula is C19H16F3N3O4S2. The fourth-order valence-corrected chi connectivity index (χ4v) is 4.32. The molecule has 0 spiro atoms. The van der Waals surface area contributed by atoms with Gasteiger partial charge in [-0.3, -0.25) is 9.59 Å². The third-order valence-corrected chi connectivity index (χ3v) is 5.69.